The van der Waals surface area contributed by atoms with Gasteiger partial charge in [0.05, 0.1) is 12.7 Å². The average Bonchev–Trinajstić information content (AvgIpc) is 2.42. The van der Waals surface area contributed by atoms with Gasteiger partial charge in [0.1, 0.15) is 5.60 Å². The molecule has 21 heavy (non-hydrogen) atoms. The summed E-state index contributed by atoms with van der Waals surface area (Å²) in [4.78, 5) is 34.3. The largest absolute Gasteiger partial charge is 0.465 e. The molecule has 0 radical (unpaired) electrons. The van der Waals surface area contributed by atoms with Gasteiger partial charge >= 0.3 is 11.9 Å². The maximum atomic E-state index is 11.6. The molecule has 0 heterocycles. The van der Waals surface area contributed by atoms with E-state index in [4.69, 9.17) is 4.74 Å². The molecule has 0 N–H and O–H groups in total. The Labute approximate surface area is 123 Å². The van der Waals surface area contributed by atoms with Gasteiger partial charge < -0.3 is 9.47 Å². The molecule has 5 heteroatoms. The van der Waals surface area contributed by atoms with Gasteiger partial charge in [0.25, 0.3) is 5.78 Å². The van der Waals surface area contributed by atoms with Crippen molar-refractivity contribution in [1.29, 1.82) is 0 Å². The van der Waals surface area contributed by atoms with E-state index in [1.807, 2.05) is 0 Å². The first kappa shape index (κ1) is 16.6. The first-order chi connectivity index (χ1) is 9.73. The van der Waals surface area contributed by atoms with Crippen molar-refractivity contribution in [3.05, 3.63) is 41.5 Å². The SMILES string of the molecule is COC(=O)c1ccc(C=CC(=O)C(=O)OC(C)(C)C)cc1. The number of methoxy groups -OCH3 is 1. The van der Waals surface area contributed by atoms with E-state index in [1.165, 1.54) is 13.2 Å². The van der Waals surface area contributed by atoms with Crippen LogP contribution in [0.5, 0.6) is 0 Å². The number of rotatable bonds is 4. The van der Waals surface area contributed by atoms with Crippen LogP contribution in [0.15, 0.2) is 30.3 Å². The zero-order valence-corrected chi connectivity index (χ0v) is 12.5. The first-order valence-electron chi connectivity index (χ1n) is 6.37. The van der Waals surface area contributed by atoms with Crippen LogP contribution in [-0.2, 0) is 19.1 Å². The topological polar surface area (TPSA) is 69.7 Å². The standard InChI is InChI=1S/C16H18O5/c1-16(2,3)21-15(19)13(17)10-7-11-5-8-12(9-6-11)14(18)20-4/h5-10H,1-4H3. The monoisotopic (exact) mass is 290 g/mol. The van der Waals surface area contributed by atoms with Crippen LogP contribution < -0.4 is 0 Å². The van der Waals surface area contributed by atoms with Gasteiger partial charge in [-0.05, 0) is 44.5 Å². The number of ether oxygens (including phenoxy) is 2. The Hall–Kier alpha value is -2.43. The molecule has 1 aromatic carbocycles. The molecule has 0 saturated heterocycles. The van der Waals surface area contributed by atoms with Crippen molar-refractivity contribution in [2.45, 2.75) is 26.4 Å². The molecule has 0 spiro atoms. The molecular formula is C16H18O5. The lowest BCUT2D eigenvalue weighted by molar-refractivity contribution is -0.160. The van der Waals surface area contributed by atoms with Crippen LogP contribution in [0.4, 0.5) is 0 Å². The third-order valence-corrected chi connectivity index (χ3v) is 2.36. The molecule has 0 bridgehead atoms. The van der Waals surface area contributed by atoms with E-state index in [0.29, 0.717) is 11.1 Å². The molecule has 1 aromatic rings. The van der Waals surface area contributed by atoms with Crippen molar-refractivity contribution < 1.29 is 23.9 Å². The van der Waals surface area contributed by atoms with E-state index in [-0.39, 0.29) is 0 Å². The summed E-state index contributed by atoms with van der Waals surface area (Å²) in [6, 6.07) is 6.43. The summed E-state index contributed by atoms with van der Waals surface area (Å²) < 4.78 is 9.53. The predicted molar refractivity (Wildman–Crippen MR) is 77.7 cm³/mol. The molecule has 1 rings (SSSR count). The predicted octanol–water partition coefficient (Wildman–Crippen LogP) is 2.40. The van der Waals surface area contributed by atoms with Gasteiger partial charge in [-0.1, -0.05) is 18.2 Å². The summed E-state index contributed by atoms with van der Waals surface area (Å²) in [5, 5.41) is 0. The van der Waals surface area contributed by atoms with Crippen molar-refractivity contribution in [2.75, 3.05) is 7.11 Å². The second-order valence-corrected chi connectivity index (χ2v) is 5.31. The fraction of sp³-hybridized carbons (Fsp3) is 0.312. The highest BCUT2D eigenvalue weighted by Gasteiger charge is 2.20. The molecule has 0 aromatic heterocycles. The number of carbonyl (C=O) groups is 3. The van der Waals surface area contributed by atoms with Crippen LogP contribution >= 0.6 is 0 Å². The quantitative estimate of drug-likeness (QED) is 0.484. The number of hydrogen-bond donors (Lipinski definition) is 0. The Morgan fingerprint density at radius 2 is 1.62 bits per heavy atom. The number of carbonyl (C=O) groups excluding carboxylic acids is 3. The van der Waals surface area contributed by atoms with E-state index >= 15 is 0 Å². The molecule has 0 aliphatic rings. The Balaban J connectivity index is 2.70. The fourth-order valence-electron chi connectivity index (χ4n) is 1.42. The number of hydrogen-bond acceptors (Lipinski definition) is 5. The van der Waals surface area contributed by atoms with E-state index in [0.717, 1.165) is 6.08 Å². The van der Waals surface area contributed by atoms with E-state index in [2.05, 4.69) is 4.74 Å². The minimum atomic E-state index is -0.898. The fourth-order valence-corrected chi connectivity index (χ4v) is 1.42. The van der Waals surface area contributed by atoms with Crippen LogP contribution in [0.3, 0.4) is 0 Å². The summed E-state index contributed by atoms with van der Waals surface area (Å²) in [7, 11) is 1.30. The lowest BCUT2D eigenvalue weighted by Gasteiger charge is -2.18. The Kier molecular flexibility index (Phi) is 5.41. The van der Waals surface area contributed by atoms with Gasteiger partial charge in [-0.2, -0.15) is 0 Å². The molecule has 0 amide bonds. The van der Waals surface area contributed by atoms with Crippen molar-refractivity contribution in [3.63, 3.8) is 0 Å². The number of esters is 2. The summed E-state index contributed by atoms with van der Waals surface area (Å²) in [6.07, 6.45) is 2.62. The molecule has 0 aliphatic heterocycles. The lowest BCUT2D eigenvalue weighted by Crippen LogP contribution is -2.27. The molecule has 0 saturated carbocycles. The molecule has 0 unspecified atom stereocenters. The van der Waals surface area contributed by atoms with Crippen molar-refractivity contribution >= 4 is 23.8 Å². The molecule has 0 aliphatic carbocycles. The first-order valence-corrected chi connectivity index (χ1v) is 6.37. The van der Waals surface area contributed by atoms with Crippen LogP contribution in [0, 0.1) is 0 Å². The van der Waals surface area contributed by atoms with Gasteiger partial charge in [0.15, 0.2) is 0 Å². The summed E-state index contributed by atoms with van der Waals surface area (Å²) in [6.45, 7) is 5.06. The van der Waals surface area contributed by atoms with E-state index in [9.17, 15) is 14.4 Å². The second kappa shape index (κ2) is 6.83. The number of benzene rings is 1. The van der Waals surface area contributed by atoms with Crippen molar-refractivity contribution in [1.82, 2.24) is 0 Å². The summed E-state index contributed by atoms with van der Waals surface area (Å²) >= 11 is 0. The van der Waals surface area contributed by atoms with Crippen LogP contribution in [0.25, 0.3) is 6.08 Å². The Morgan fingerprint density at radius 1 is 1.05 bits per heavy atom. The van der Waals surface area contributed by atoms with Crippen molar-refractivity contribution in [3.8, 4) is 0 Å². The minimum absolute atomic E-state index is 0.410. The van der Waals surface area contributed by atoms with Gasteiger partial charge in [0.2, 0.25) is 0 Å². The highest BCUT2D eigenvalue weighted by atomic mass is 16.6. The Bertz CT molecular complexity index is 561. The smallest absolute Gasteiger partial charge is 0.379 e. The summed E-state index contributed by atoms with van der Waals surface area (Å²) in [5.41, 5.74) is 0.385. The molecule has 0 atom stereocenters. The molecular weight excluding hydrogens is 272 g/mol. The lowest BCUT2D eigenvalue weighted by atomic mass is 10.1. The van der Waals surface area contributed by atoms with E-state index in [1.54, 1.807) is 45.0 Å². The van der Waals surface area contributed by atoms with Gasteiger partial charge in [-0.3, -0.25) is 4.79 Å². The third-order valence-electron chi connectivity index (χ3n) is 2.36. The van der Waals surface area contributed by atoms with Crippen LogP contribution in [0.1, 0.15) is 36.7 Å². The zero-order valence-electron chi connectivity index (χ0n) is 12.5. The highest BCUT2D eigenvalue weighted by Crippen LogP contribution is 2.09. The van der Waals surface area contributed by atoms with Gasteiger partial charge in [0, 0.05) is 0 Å². The minimum Gasteiger partial charge on any atom is -0.465 e. The molecule has 112 valence electrons. The molecule has 0 fully saturated rings. The highest BCUT2D eigenvalue weighted by molar-refractivity contribution is 6.39. The Morgan fingerprint density at radius 3 is 2.10 bits per heavy atom. The van der Waals surface area contributed by atoms with Gasteiger partial charge in [-0.25, -0.2) is 9.59 Å². The number of ketones is 1. The van der Waals surface area contributed by atoms with Crippen molar-refractivity contribution in [2.24, 2.45) is 0 Å². The zero-order chi connectivity index (χ0) is 16.0. The van der Waals surface area contributed by atoms with Gasteiger partial charge in [-0.15, -0.1) is 0 Å². The maximum Gasteiger partial charge on any atom is 0.379 e. The average molecular weight is 290 g/mol. The third kappa shape index (κ3) is 5.60. The summed E-state index contributed by atoms with van der Waals surface area (Å²) in [5.74, 6) is -2.07. The van der Waals surface area contributed by atoms with Crippen LogP contribution in [-0.4, -0.2) is 30.4 Å². The maximum absolute atomic E-state index is 11.6. The normalized spacial score (nSPS) is 11.2. The molecule has 5 nitrogen and oxygen atoms in total. The second-order valence-electron chi connectivity index (χ2n) is 5.31. The van der Waals surface area contributed by atoms with Crippen LogP contribution in [0.2, 0.25) is 0 Å². The van der Waals surface area contributed by atoms with E-state index < -0.39 is 23.3 Å².